The van der Waals surface area contributed by atoms with Gasteiger partial charge in [0.1, 0.15) is 0 Å². The molecule has 0 radical (unpaired) electrons. The van der Waals surface area contributed by atoms with Crippen LogP contribution in [0.3, 0.4) is 0 Å². The maximum atomic E-state index is 13.9. The average Bonchev–Trinajstić information content (AvgIpc) is 2.48. The molecule has 0 atom stereocenters. The molecule has 0 saturated heterocycles. The molecule has 0 fully saturated rings. The number of halogens is 14. The van der Waals surface area contributed by atoms with Gasteiger partial charge in [-0.15, -0.1) is 0 Å². The highest BCUT2D eigenvalue weighted by molar-refractivity contribution is 8.13. The Balaban J connectivity index is 3.85. The minimum Gasteiger partial charge on any atom is -0.207 e. The molecular weight excluding hydrogens is 503 g/mol. The number of alkyl halides is 13. The Hall–Kier alpha value is -1.45. The van der Waals surface area contributed by atoms with Gasteiger partial charge < -0.3 is 0 Å². The van der Waals surface area contributed by atoms with Crippen LogP contribution in [0.4, 0.5) is 57.1 Å². The molecule has 0 heterocycles. The van der Waals surface area contributed by atoms with Crippen molar-refractivity contribution in [1.82, 2.24) is 0 Å². The fourth-order valence-corrected chi connectivity index (χ4v) is 3.12. The van der Waals surface area contributed by atoms with E-state index in [0.29, 0.717) is 0 Å². The first-order valence-electron chi connectivity index (χ1n) is 6.93. The summed E-state index contributed by atoms with van der Waals surface area (Å²) in [7, 11) is 0.260. The summed E-state index contributed by atoms with van der Waals surface area (Å²) in [6, 6.07) is 0.636. The van der Waals surface area contributed by atoms with E-state index in [1.165, 1.54) is 0 Å². The van der Waals surface area contributed by atoms with Crippen LogP contribution in [0.5, 0.6) is 0 Å². The smallest absolute Gasteiger partial charge is 0.207 e. The quantitative estimate of drug-likeness (QED) is 0.356. The van der Waals surface area contributed by atoms with Gasteiger partial charge in [0.15, 0.2) is 0 Å². The molecule has 17 heteroatoms. The normalized spacial score (nSPS) is 15.4. The van der Waals surface area contributed by atoms with Crippen molar-refractivity contribution in [2.24, 2.45) is 5.41 Å². The summed E-state index contributed by atoms with van der Waals surface area (Å²) in [6.07, 6.45) is -25.3. The van der Waals surface area contributed by atoms with Crippen molar-refractivity contribution in [3.8, 4) is 0 Å². The third kappa shape index (κ3) is 4.16. The molecular formula is C13H6ClF13O2S. The summed E-state index contributed by atoms with van der Waals surface area (Å²) < 4.78 is 193. The molecule has 0 aromatic heterocycles. The molecule has 0 spiro atoms. The van der Waals surface area contributed by atoms with Crippen molar-refractivity contribution >= 4 is 19.7 Å². The topological polar surface area (TPSA) is 34.1 Å². The summed E-state index contributed by atoms with van der Waals surface area (Å²) >= 11 is 0. The predicted molar refractivity (Wildman–Crippen MR) is 73.7 cm³/mol. The molecule has 174 valence electrons. The van der Waals surface area contributed by atoms with Crippen LogP contribution < -0.4 is 0 Å². The Kier molecular flexibility index (Phi) is 6.48. The van der Waals surface area contributed by atoms with E-state index < -0.39 is 61.7 Å². The summed E-state index contributed by atoms with van der Waals surface area (Å²) in [6.45, 7) is 0. The summed E-state index contributed by atoms with van der Waals surface area (Å²) in [5, 5.41) is 0. The van der Waals surface area contributed by atoms with Gasteiger partial charge in [0.25, 0.3) is 9.05 Å². The first-order valence-corrected chi connectivity index (χ1v) is 9.24. The summed E-state index contributed by atoms with van der Waals surface area (Å²) in [5.41, 5.74) is -8.38. The van der Waals surface area contributed by atoms with E-state index in [1.807, 2.05) is 0 Å². The molecule has 0 aliphatic heterocycles. The van der Waals surface area contributed by atoms with Crippen LogP contribution in [0, 0.1) is 5.41 Å². The average molecular weight is 509 g/mol. The van der Waals surface area contributed by atoms with Crippen LogP contribution in [-0.2, 0) is 15.5 Å². The Labute approximate surface area is 163 Å². The minimum atomic E-state index is -7.76. The second kappa shape index (κ2) is 7.31. The van der Waals surface area contributed by atoms with E-state index in [-0.39, 0.29) is 24.3 Å². The fraction of sp³-hybridized carbons (Fsp3) is 0.538. The van der Waals surface area contributed by atoms with Gasteiger partial charge in [0, 0.05) is 17.1 Å². The summed E-state index contributed by atoms with van der Waals surface area (Å²) in [5.74, 6) is -15.5. The number of hydrogen-bond donors (Lipinski definition) is 0. The number of rotatable bonds is 5. The highest BCUT2D eigenvalue weighted by Crippen LogP contribution is 2.66. The monoisotopic (exact) mass is 508 g/mol. The highest BCUT2D eigenvalue weighted by Gasteiger charge is 2.91. The Bertz CT molecular complexity index is 852. The van der Waals surface area contributed by atoms with Crippen LogP contribution in [0.2, 0.25) is 0 Å². The van der Waals surface area contributed by atoms with Crippen LogP contribution in [0.1, 0.15) is 5.56 Å². The van der Waals surface area contributed by atoms with Gasteiger partial charge in [-0.25, -0.2) is 8.42 Å². The third-order valence-electron chi connectivity index (χ3n) is 3.93. The lowest BCUT2D eigenvalue weighted by Gasteiger charge is -2.45. The van der Waals surface area contributed by atoms with Gasteiger partial charge in [-0.3, -0.25) is 0 Å². The van der Waals surface area contributed by atoms with E-state index in [4.69, 9.17) is 10.7 Å². The van der Waals surface area contributed by atoms with Gasteiger partial charge >= 0.3 is 30.4 Å². The standard InChI is InChI=1S/C13H6ClF13O2S/c14-30(28,29)7-3-1-6(2-4-7)5-8(11(19,20)21,12(22,23)24)9(15,16)10(17,18)13(25,26)27/h1-4H,5H2. The van der Waals surface area contributed by atoms with Gasteiger partial charge in [0.2, 0.25) is 5.41 Å². The molecule has 30 heavy (non-hydrogen) atoms. The first-order chi connectivity index (χ1) is 12.9. The van der Waals surface area contributed by atoms with Crippen LogP contribution in [0.25, 0.3) is 0 Å². The molecule has 0 amide bonds. The lowest BCUT2D eigenvalue weighted by Crippen LogP contribution is -2.71. The van der Waals surface area contributed by atoms with Crippen molar-refractivity contribution in [2.75, 3.05) is 0 Å². The third-order valence-corrected chi connectivity index (χ3v) is 5.30. The van der Waals surface area contributed by atoms with Crippen LogP contribution >= 0.6 is 10.7 Å². The van der Waals surface area contributed by atoms with Crippen molar-refractivity contribution in [3.63, 3.8) is 0 Å². The molecule has 0 saturated carbocycles. The zero-order chi connectivity index (χ0) is 24.2. The zero-order valence-electron chi connectivity index (χ0n) is 13.5. The Morgan fingerprint density at radius 2 is 1.00 bits per heavy atom. The van der Waals surface area contributed by atoms with E-state index in [1.54, 1.807) is 0 Å². The molecule has 2 nitrogen and oxygen atoms in total. The lowest BCUT2D eigenvalue weighted by molar-refractivity contribution is -0.460. The second-order valence-corrected chi connectivity index (χ2v) is 8.37. The molecule has 0 bridgehead atoms. The van der Waals surface area contributed by atoms with Gasteiger partial charge in [-0.05, 0) is 17.7 Å². The maximum absolute atomic E-state index is 13.9. The zero-order valence-corrected chi connectivity index (χ0v) is 15.1. The van der Waals surface area contributed by atoms with Crippen molar-refractivity contribution < 1.29 is 65.5 Å². The molecule has 1 aromatic rings. The molecule has 1 rings (SSSR count). The molecule has 0 unspecified atom stereocenters. The van der Waals surface area contributed by atoms with Gasteiger partial charge in [0.05, 0.1) is 4.90 Å². The molecule has 0 aliphatic carbocycles. The van der Waals surface area contributed by atoms with Crippen molar-refractivity contribution in [3.05, 3.63) is 29.8 Å². The van der Waals surface area contributed by atoms with E-state index in [9.17, 15) is 65.5 Å². The number of hydrogen-bond acceptors (Lipinski definition) is 2. The second-order valence-electron chi connectivity index (χ2n) is 5.81. The molecule has 1 aromatic carbocycles. The maximum Gasteiger partial charge on any atom is 0.459 e. The highest BCUT2D eigenvalue weighted by atomic mass is 35.7. The first kappa shape index (κ1) is 26.6. The number of benzene rings is 1. The minimum absolute atomic E-state index is 0.0727. The van der Waals surface area contributed by atoms with Crippen molar-refractivity contribution in [1.29, 1.82) is 0 Å². The lowest BCUT2D eigenvalue weighted by atomic mass is 9.71. The molecule has 0 aliphatic rings. The predicted octanol–water partition coefficient (Wildman–Crippen LogP) is 6.10. The SMILES string of the molecule is O=S(=O)(Cl)c1ccc(CC(C(F)(F)F)(C(F)(F)F)C(F)(F)C(F)(F)C(F)(F)F)cc1. The fourth-order valence-electron chi connectivity index (χ4n) is 2.35. The largest absolute Gasteiger partial charge is 0.459 e. The van der Waals surface area contributed by atoms with Crippen molar-refractivity contribution in [2.45, 2.75) is 41.7 Å². The Morgan fingerprint density at radius 1 is 0.633 bits per heavy atom. The van der Waals surface area contributed by atoms with Crippen LogP contribution in [0.15, 0.2) is 29.2 Å². The van der Waals surface area contributed by atoms with Gasteiger partial charge in [-0.2, -0.15) is 57.1 Å². The molecule has 0 N–H and O–H groups in total. The van der Waals surface area contributed by atoms with E-state index in [2.05, 4.69) is 0 Å². The Morgan fingerprint density at radius 3 is 1.27 bits per heavy atom. The van der Waals surface area contributed by atoms with Crippen LogP contribution in [-0.4, -0.2) is 38.8 Å². The van der Waals surface area contributed by atoms with E-state index in [0.717, 1.165) is 0 Å². The van der Waals surface area contributed by atoms with E-state index >= 15 is 0 Å². The summed E-state index contributed by atoms with van der Waals surface area (Å²) in [4.78, 5) is -0.926. The van der Waals surface area contributed by atoms with Gasteiger partial charge in [-0.1, -0.05) is 12.1 Å².